The molecule has 1 aromatic carbocycles. The highest BCUT2D eigenvalue weighted by molar-refractivity contribution is 6.07. The highest BCUT2D eigenvalue weighted by Gasteiger charge is 2.33. The standard InChI is InChI=1S/C22H28N2O5/c1-12(2)24(21(26)16-9-8-10-17(11-16)28-6)15(5)20(25)18-13(3)19(22(27)29-7)23-14(18)4/h8-12,15,23H,1-7H3/t15-/m1/s1. The van der Waals surface area contributed by atoms with Gasteiger partial charge in [0, 0.05) is 22.9 Å². The minimum absolute atomic E-state index is 0.215. The van der Waals surface area contributed by atoms with Crippen molar-refractivity contribution in [2.24, 2.45) is 0 Å². The Morgan fingerprint density at radius 2 is 1.72 bits per heavy atom. The molecule has 0 aliphatic carbocycles. The molecule has 1 aromatic heterocycles. The van der Waals surface area contributed by atoms with Crippen molar-refractivity contribution in [2.45, 2.75) is 46.7 Å². The van der Waals surface area contributed by atoms with E-state index in [1.54, 1.807) is 49.9 Å². The minimum Gasteiger partial charge on any atom is -0.497 e. The Morgan fingerprint density at radius 3 is 2.28 bits per heavy atom. The number of benzene rings is 1. The largest absolute Gasteiger partial charge is 0.497 e. The fourth-order valence-corrected chi connectivity index (χ4v) is 3.52. The second-order valence-electron chi connectivity index (χ2n) is 7.19. The van der Waals surface area contributed by atoms with Gasteiger partial charge in [-0.05, 0) is 58.4 Å². The van der Waals surface area contributed by atoms with E-state index in [0.717, 1.165) is 0 Å². The summed E-state index contributed by atoms with van der Waals surface area (Å²) in [5, 5.41) is 0. The van der Waals surface area contributed by atoms with Gasteiger partial charge in [0.25, 0.3) is 5.91 Å². The first kappa shape index (κ1) is 22.2. The molecule has 1 atom stereocenters. The van der Waals surface area contributed by atoms with E-state index in [9.17, 15) is 14.4 Å². The fourth-order valence-electron chi connectivity index (χ4n) is 3.52. The molecule has 29 heavy (non-hydrogen) atoms. The van der Waals surface area contributed by atoms with Crippen LogP contribution in [-0.2, 0) is 4.74 Å². The summed E-state index contributed by atoms with van der Waals surface area (Å²) >= 11 is 0. The zero-order chi connectivity index (χ0) is 21.9. The van der Waals surface area contributed by atoms with Gasteiger partial charge in [0.1, 0.15) is 11.4 Å². The Hall–Kier alpha value is -3.09. The molecule has 156 valence electrons. The number of H-pyrrole nitrogens is 1. The molecule has 2 rings (SSSR count). The third-order valence-corrected chi connectivity index (χ3v) is 4.98. The van der Waals surface area contributed by atoms with Crippen molar-refractivity contribution in [3.63, 3.8) is 0 Å². The summed E-state index contributed by atoms with van der Waals surface area (Å²) in [5.41, 5.74) is 2.18. The first-order valence-corrected chi connectivity index (χ1v) is 9.42. The van der Waals surface area contributed by atoms with E-state index in [1.807, 2.05) is 13.8 Å². The van der Waals surface area contributed by atoms with Crippen LogP contribution in [0.3, 0.4) is 0 Å². The number of aryl methyl sites for hydroxylation is 1. The van der Waals surface area contributed by atoms with E-state index in [4.69, 9.17) is 9.47 Å². The van der Waals surface area contributed by atoms with Crippen LogP contribution < -0.4 is 4.74 Å². The van der Waals surface area contributed by atoms with Gasteiger partial charge < -0.3 is 19.4 Å². The molecule has 1 amide bonds. The van der Waals surface area contributed by atoms with Gasteiger partial charge in [-0.2, -0.15) is 0 Å². The summed E-state index contributed by atoms with van der Waals surface area (Å²) < 4.78 is 9.98. The number of hydrogen-bond acceptors (Lipinski definition) is 5. The topological polar surface area (TPSA) is 88.7 Å². The summed E-state index contributed by atoms with van der Waals surface area (Å²) in [6.45, 7) is 8.84. The minimum atomic E-state index is -0.729. The number of carbonyl (C=O) groups is 3. The van der Waals surface area contributed by atoms with Crippen LogP contribution in [0.15, 0.2) is 24.3 Å². The highest BCUT2D eigenvalue weighted by Crippen LogP contribution is 2.24. The van der Waals surface area contributed by atoms with Gasteiger partial charge in [-0.25, -0.2) is 4.79 Å². The third kappa shape index (κ3) is 4.34. The number of hydrogen-bond donors (Lipinski definition) is 1. The smallest absolute Gasteiger partial charge is 0.354 e. The lowest BCUT2D eigenvalue weighted by atomic mass is 9.98. The van der Waals surface area contributed by atoms with Gasteiger partial charge in [0.2, 0.25) is 0 Å². The zero-order valence-electron chi connectivity index (χ0n) is 18.0. The van der Waals surface area contributed by atoms with Crippen molar-refractivity contribution < 1.29 is 23.9 Å². The number of carbonyl (C=O) groups excluding carboxylic acids is 3. The van der Waals surface area contributed by atoms with E-state index in [1.165, 1.54) is 14.2 Å². The number of methoxy groups -OCH3 is 2. The SMILES string of the molecule is COC(=O)c1[nH]c(C)c(C(=O)[C@@H](C)N(C(=O)c2cccc(OC)c2)C(C)C)c1C. The molecule has 0 aliphatic heterocycles. The van der Waals surface area contributed by atoms with Gasteiger partial charge in [-0.15, -0.1) is 0 Å². The average molecular weight is 400 g/mol. The van der Waals surface area contributed by atoms with Gasteiger partial charge in [-0.1, -0.05) is 6.07 Å². The number of ketones is 1. The second-order valence-corrected chi connectivity index (χ2v) is 7.19. The summed E-state index contributed by atoms with van der Waals surface area (Å²) in [6.07, 6.45) is 0. The normalized spacial score (nSPS) is 11.9. The van der Waals surface area contributed by atoms with Crippen molar-refractivity contribution >= 4 is 17.7 Å². The molecular formula is C22H28N2O5. The first-order chi connectivity index (χ1) is 13.6. The van der Waals surface area contributed by atoms with Crippen LogP contribution in [0.4, 0.5) is 0 Å². The predicted molar refractivity (Wildman–Crippen MR) is 110 cm³/mol. The van der Waals surface area contributed by atoms with E-state index in [-0.39, 0.29) is 23.4 Å². The van der Waals surface area contributed by atoms with Crippen molar-refractivity contribution in [3.05, 3.63) is 52.3 Å². The molecule has 2 aromatic rings. The number of nitrogens with zero attached hydrogens (tertiary/aromatic N) is 1. The molecule has 0 unspecified atom stereocenters. The Morgan fingerprint density at radius 1 is 1.07 bits per heavy atom. The number of amides is 1. The maximum Gasteiger partial charge on any atom is 0.354 e. The molecule has 1 N–H and O–H groups in total. The van der Waals surface area contributed by atoms with Crippen LogP contribution in [0.1, 0.15) is 63.2 Å². The molecule has 7 heteroatoms. The van der Waals surface area contributed by atoms with Gasteiger partial charge >= 0.3 is 5.97 Å². The lowest BCUT2D eigenvalue weighted by Gasteiger charge is -2.32. The average Bonchev–Trinajstić information content (AvgIpc) is 3.00. The summed E-state index contributed by atoms with van der Waals surface area (Å²) in [5.74, 6) is -0.473. The summed E-state index contributed by atoms with van der Waals surface area (Å²) in [4.78, 5) is 42.9. The number of aromatic amines is 1. The molecule has 0 aliphatic rings. The lowest BCUT2D eigenvalue weighted by Crippen LogP contribution is -2.47. The number of rotatable bonds is 7. The predicted octanol–water partition coefficient (Wildman–Crippen LogP) is 3.55. The van der Waals surface area contributed by atoms with E-state index < -0.39 is 12.0 Å². The van der Waals surface area contributed by atoms with Crippen LogP contribution in [0.25, 0.3) is 0 Å². The third-order valence-electron chi connectivity index (χ3n) is 4.98. The first-order valence-electron chi connectivity index (χ1n) is 9.42. The Bertz CT molecular complexity index is 929. The molecule has 0 saturated carbocycles. The molecule has 1 heterocycles. The molecule has 7 nitrogen and oxygen atoms in total. The van der Waals surface area contributed by atoms with Gasteiger partial charge in [-0.3, -0.25) is 9.59 Å². The maximum atomic E-state index is 13.3. The number of esters is 1. The van der Waals surface area contributed by atoms with Crippen LogP contribution >= 0.6 is 0 Å². The van der Waals surface area contributed by atoms with Crippen molar-refractivity contribution in [3.8, 4) is 5.75 Å². The summed E-state index contributed by atoms with van der Waals surface area (Å²) in [7, 11) is 2.82. The number of nitrogens with one attached hydrogen (secondary N) is 1. The van der Waals surface area contributed by atoms with E-state index in [0.29, 0.717) is 28.1 Å². The van der Waals surface area contributed by atoms with Crippen LogP contribution in [-0.4, -0.2) is 53.8 Å². The van der Waals surface area contributed by atoms with Gasteiger partial charge in [0.05, 0.1) is 20.3 Å². The summed E-state index contributed by atoms with van der Waals surface area (Å²) in [6, 6.07) is 5.89. The second kappa shape index (κ2) is 8.94. The van der Waals surface area contributed by atoms with E-state index >= 15 is 0 Å². The zero-order valence-corrected chi connectivity index (χ0v) is 18.0. The highest BCUT2D eigenvalue weighted by atomic mass is 16.5. The molecule has 0 radical (unpaired) electrons. The van der Waals surface area contributed by atoms with Gasteiger partial charge in [0.15, 0.2) is 5.78 Å². The lowest BCUT2D eigenvalue weighted by molar-refractivity contribution is 0.0565. The number of Topliss-reactive ketones (excluding diaryl/α,β-unsaturated/α-hetero) is 1. The Balaban J connectivity index is 2.42. The van der Waals surface area contributed by atoms with Crippen molar-refractivity contribution in [2.75, 3.05) is 14.2 Å². The van der Waals surface area contributed by atoms with E-state index in [2.05, 4.69) is 4.98 Å². The van der Waals surface area contributed by atoms with Crippen molar-refractivity contribution in [1.82, 2.24) is 9.88 Å². The number of aromatic nitrogens is 1. The molecular weight excluding hydrogens is 372 g/mol. The van der Waals surface area contributed by atoms with Crippen LogP contribution in [0.2, 0.25) is 0 Å². The molecule has 0 bridgehead atoms. The Labute approximate surface area is 171 Å². The quantitative estimate of drug-likeness (QED) is 0.567. The maximum absolute atomic E-state index is 13.3. The van der Waals surface area contributed by atoms with Crippen LogP contribution in [0, 0.1) is 13.8 Å². The molecule has 0 spiro atoms. The number of ether oxygens (including phenoxy) is 2. The monoisotopic (exact) mass is 400 g/mol. The fraction of sp³-hybridized carbons (Fsp3) is 0.409. The van der Waals surface area contributed by atoms with Crippen molar-refractivity contribution in [1.29, 1.82) is 0 Å². The molecule has 0 saturated heterocycles. The molecule has 0 fully saturated rings. The Kier molecular flexibility index (Phi) is 6.84. The van der Waals surface area contributed by atoms with Crippen LogP contribution in [0.5, 0.6) is 5.75 Å².